The van der Waals surface area contributed by atoms with Gasteiger partial charge < -0.3 is 15.4 Å². The summed E-state index contributed by atoms with van der Waals surface area (Å²) >= 11 is 0. The third-order valence-corrected chi connectivity index (χ3v) is 3.53. The molecule has 0 radical (unpaired) electrons. The van der Waals surface area contributed by atoms with E-state index in [0.29, 0.717) is 11.3 Å². The van der Waals surface area contributed by atoms with Crippen molar-refractivity contribution in [1.29, 1.82) is 0 Å². The predicted octanol–water partition coefficient (Wildman–Crippen LogP) is 3.07. The average molecular weight is 375 g/mol. The van der Waals surface area contributed by atoms with Crippen molar-refractivity contribution < 1.29 is 23.5 Å². The van der Waals surface area contributed by atoms with Crippen LogP contribution in [0.5, 0.6) is 0 Å². The summed E-state index contributed by atoms with van der Waals surface area (Å²) in [4.78, 5) is 37.2. The van der Waals surface area contributed by atoms with Crippen LogP contribution in [0.25, 0.3) is 0 Å². The van der Waals surface area contributed by atoms with Crippen molar-refractivity contribution in [2.45, 2.75) is 26.4 Å². The zero-order valence-corrected chi connectivity index (χ0v) is 15.5. The standard InChI is InChI=1S/C19H22FN3O4/c1-5-16(24)22-15-10-13(6-7-14(15)20)21-17(25)12-8-9-23(11-12)18(26)27-19(2,3)4/h5-8,10H,1,9,11H2,2-4H3,(H,21,25)(H,22,24). The van der Waals surface area contributed by atoms with Gasteiger partial charge in [-0.2, -0.15) is 0 Å². The first kappa shape index (κ1) is 20.2. The minimum atomic E-state index is -0.639. The highest BCUT2D eigenvalue weighted by Gasteiger charge is 2.27. The summed E-state index contributed by atoms with van der Waals surface area (Å²) in [7, 11) is 0. The average Bonchev–Trinajstić information content (AvgIpc) is 3.06. The van der Waals surface area contributed by atoms with Gasteiger partial charge in [-0.25, -0.2) is 9.18 Å². The van der Waals surface area contributed by atoms with E-state index in [2.05, 4.69) is 17.2 Å². The first-order chi connectivity index (χ1) is 12.6. The molecule has 144 valence electrons. The number of hydrogen-bond donors (Lipinski definition) is 2. The van der Waals surface area contributed by atoms with E-state index in [-0.39, 0.29) is 18.8 Å². The summed E-state index contributed by atoms with van der Waals surface area (Å²) in [5, 5.41) is 4.94. The molecule has 7 nitrogen and oxygen atoms in total. The number of rotatable bonds is 4. The number of anilines is 2. The van der Waals surface area contributed by atoms with Crippen molar-refractivity contribution in [2.24, 2.45) is 0 Å². The first-order valence-electron chi connectivity index (χ1n) is 8.30. The lowest BCUT2D eigenvalue weighted by Crippen LogP contribution is -2.36. The Morgan fingerprint density at radius 1 is 1.26 bits per heavy atom. The highest BCUT2D eigenvalue weighted by atomic mass is 19.1. The lowest BCUT2D eigenvalue weighted by atomic mass is 10.2. The lowest BCUT2D eigenvalue weighted by Gasteiger charge is -2.24. The van der Waals surface area contributed by atoms with Gasteiger partial charge in [0.2, 0.25) is 5.91 Å². The third kappa shape index (κ3) is 5.67. The van der Waals surface area contributed by atoms with E-state index in [1.165, 1.54) is 17.0 Å². The fourth-order valence-electron chi connectivity index (χ4n) is 2.28. The minimum Gasteiger partial charge on any atom is -0.444 e. The summed E-state index contributed by atoms with van der Waals surface area (Å²) in [5.74, 6) is -1.63. The molecule has 0 saturated carbocycles. The molecule has 0 saturated heterocycles. The number of benzene rings is 1. The number of halogens is 1. The second-order valence-electron chi connectivity index (χ2n) is 6.93. The van der Waals surface area contributed by atoms with Gasteiger partial charge in [0.1, 0.15) is 11.4 Å². The van der Waals surface area contributed by atoms with E-state index in [0.717, 1.165) is 12.1 Å². The Morgan fingerprint density at radius 2 is 1.96 bits per heavy atom. The van der Waals surface area contributed by atoms with E-state index in [1.807, 2.05) is 0 Å². The molecule has 3 amide bonds. The molecule has 0 unspecified atom stereocenters. The van der Waals surface area contributed by atoms with Crippen LogP contribution < -0.4 is 10.6 Å². The molecule has 0 aromatic heterocycles. The predicted molar refractivity (Wildman–Crippen MR) is 99.7 cm³/mol. The number of nitrogens with one attached hydrogen (secondary N) is 2. The van der Waals surface area contributed by atoms with Gasteiger partial charge in [-0.1, -0.05) is 12.7 Å². The molecule has 1 heterocycles. The zero-order valence-electron chi connectivity index (χ0n) is 15.5. The monoisotopic (exact) mass is 375 g/mol. The summed E-state index contributed by atoms with van der Waals surface area (Å²) in [5.41, 5.74) is -0.00428. The number of nitrogens with zero attached hydrogens (tertiary/aromatic N) is 1. The summed E-state index contributed by atoms with van der Waals surface area (Å²) in [6.07, 6.45) is 2.14. The number of carbonyl (C=O) groups excluding carboxylic acids is 3. The van der Waals surface area contributed by atoms with E-state index in [1.54, 1.807) is 26.8 Å². The molecule has 0 atom stereocenters. The summed E-state index contributed by atoms with van der Waals surface area (Å²) in [6.45, 7) is 8.97. The van der Waals surface area contributed by atoms with Crippen LogP contribution in [0.2, 0.25) is 0 Å². The van der Waals surface area contributed by atoms with Crippen molar-refractivity contribution in [2.75, 3.05) is 23.7 Å². The van der Waals surface area contributed by atoms with Gasteiger partial charge in [0.05, 0.1) is 12.2 Å². The van der Waals surface area contributed by atoms with E-state index in [4.69, 9.17) is 4.74 Å². The van der Waals surface area contributed by atoms with Gasteiger partial charge in [0, 0.05) is 17.8 Å². The molecule has 1 aliphatic heterocycles. The Balaban J connectivity index is 2.00. The molecule has 8 heteroatoms. The van der Waals surface area contributed by atoms with Gasteiger partial charge in [0.15, 0.2) is 0 Å². The molecule has 2 N–H and O–H groups in total. The van der Waals surface area contributed by atoms with Crippen LogP contribution in [0.4, 0.5) is 20.6 Å². The van der Waals surface area contributed by atoms with Crippen molar-refractivity contribution in [3.63, 3.8) is 0 Å². The van der Waals surface area contributed by atoms with Gasteiger partial charge in [-0.05, 0) is 45.0 Å². The van der Waals surface area contributed by atoms with Crippen LogP contribution in [0.1, 0.15) is 20.8 Å². The lowest BCUT2D eigenvalue weighted by molar-refractivity contribution is -0.113. The molecular formula is C19H22FN3O4. The van der Waals surface area contributed by atoms with Gasteiger partial charge in [-0.15, -0.1) is 0 Å². The third-order valence-electron chi connectivity index (χ3n) is 3.53. The van der Waals surface area contributed by atoms with Crippen LogP contribution in [0.3, 0.4) is 0 Å². The van der Waals surface area contributed by atoms with Crippen molar-refractivity contribution in [1.82, 2.24) is 4.90 Å². The Kier molecular flexibility index (Phi) is 5.99. The SMILES string of the molecule is C=CC(=O)Nc1cc(NC(=O)C2=CCN(C(=O)OC(C)(C)C)C2)ccc1F. The minimum absolute atomic E-state index is 0.0755. The van der Waals surface area contributed by atoms with E-state index in [9.17, 15) is 18.8 Å². The molecular weight excluding hydrogens is 353 g/mol. The number of amides is 3. The Hall–Kier alpha value is -3.16. The maximum atomic E-state index is 13.7. The fraction of sp³-hybridized carbons (Fsp3) is 0.316. The maximum absolute atomic E-state index is 13.7. The van der Waals surface area contributed by atoms with Gasteiger partial charge >= 0.3 is 6.09 Å². The smallest absolute Gasteiger partial charge is 0.410 e. The molecule has 27 heavy (non-hydrogen) atoms. The molecule has 0 aliphatic carbocycles. The quantitative estimate of drug-likeness (QED) is 0.792. The molecule has 2 rings (SSSR count). The van der Waals surface area contributed by atoms with Crippen molar-refractivity contribution >= 4 is 29.3 Å². The molecule has 1 aromatic rings. The van der Waals surface area contributed by atoms with Crippen LogP contribution in [-0.4, -0.2) is 41.5 Å². The van der Waals surface area contributed by atoms with Crippen molar-refractivity contribution in [3.05, 3.63) is 48.3 Å². The van der Waals surface area contributed by atoms with E-state index >= 15 is 0 Å². The topological polar surface area (TPSA) is 87.7 Å². The fourth-order valence-corrected chi connectivity index (χ4v) is 2.28. The van der Waals surface area contributed by atoms with Crippen LogP contribution in [-0.2, 0) is 14.3 Å². The molecule has 1 aromatic carbocycles. The second-order valence-corrected chi connectivity index (χ2v) is 6.93. The highest BCUT2D eigenvalue weighted by Crippen LogP contribution is 2.21. The van der Waals surface area contributed by atoms with E-state index < -0.39 is 29.3 Å². The summed E-state index contributed by atoms with van der Waals surface area (Å²) in [6, 6.07) is 3.80. The Morgan fingerprint density at radius 3 is 2.59 bits per heavy atom. The normalized spacial score (nSPS) is 13.6. The second kappa shape index (κ2) is 8.03. The van der Waals surface area contributed by atoms with Gasteiger partial charge in [0.25, 0.3) is 5.91 Å². The first-order valence-corrected chi connectivity index (χ1v) is 8.30. The van der Waals surface area contributed by atoms with Gasteiger partial charge in [-0.3, -0.25) is 14.5 Å². The Labute approximate surface area is 156 Å². The number of ether oxygens (including phenoxy) is 1. The number of carbonyl (C=O) groups is 3. The van der Waals surface area contributed by atoms with Crippen molar-refractivity contribution in [3.8, 4) is 0 Å². The maximum Gasteiger partial charge on any atom is 0.410 e. The molecule has 0 fully saturated rings. The molecule has 0 bridgehead atoms. The van der Waals surface area contributed by atoms with Crippen LogP contribution in [0, 0.1) is 5.82 Å². The largest absolute Gasteiger partial charge is 0.444 e. The number of hydrogen-bond acceptors (Lipinski definition) is 4. The Bertz CT molecular complexity index is 812. The molecule has 0 spiro atoms. The van der Waals surface area contributed by atoms with Crippen LogP contribution >= 0.6 is 0 Å². The molecule has 1 aliphatic rings. The van der Waals surface area contributed by atoms with Crippen LogP contribution in [0.15, 0.2) is 42.5 Å². The highest BCUT2D eigenvalue weighted by molar-refractivity contribution is 6.05. The zero-order chi connectivity index (χ0) is 20.2. The summed E-state index contributed by atoms with van der Waals surface area (Å²) < 4.78 is 19.0.